The van der Waals surface area contributed by atoms with Gasteiger partial charge in [0.1, 0.15) is 38.1 Å². The summed E-state index contributed by atoms with van der Waals surface area (Å²) in [5.74, 6) is 0.984. The highest BCUT2D eigenvalue weighted by Gasteiger charge is 2.34. The minimum Gasteiger partial charge on any atom is -0.485 e. The Bertz CT molecular complexity index is 4220. The Kier molecular flexibility index (Phi) is 17.3. The lowest BCUT2D eigenvalue weighted by molar-refractivity contribution is -0.132. The number of anilines is 6. The molecule has 87 heavy (non-hydrogen) atoms. The SMILES string of the molecule is CCCCCCc1cc(-c2sc(-c3sc(-c4sc(C=C(C#N)C(=O)O)c5c4OCCO5)c4c3OCCO4)cc2CCCCCC)sc1-c1cc(N(c2ccccc2)c2ccc3ccccc3c2)cc(N(c2ccccc2)c2ccc3ccccc3c2)c1. The minimum absolute atomic E-state index is 0.303. The molecule has 0 unspecified atom stereocenters. The number of nitriles is 1. The highest BCUT2D eigenvalue weighted by Crippen LogP contribution is 2.61. The van der Waals surface area contributed by atoms with Crippen LogP contribution < -0.4 is 28.7 Å². The molecule has 0 amide bonds. The molecule has 0 saturated carbocycles. The Balaban J connectivity index is 1.00. The Morgan fingerprint density at radius 2 is 0.920 bits per heavy atom. The van der Waals surface area contributed by atoms with Crippen molar-refractivity contribution in [2.24, 2.45) is 0 Å². The first-order valence-corrected chi connectivity index (χ1v) is 33.4. The average Bonchev–Trinajstić information content (AvgIpc) is 2.19. The van der Waals surface area contributed by atoms with E-state index in [2.05, 4.69) is 200 Å². The van der Waals surface area contributed by atoms with Crippen molar-refractivity contribution in [3.05, 3.63) is 198 Å². The summed E-state index contributed by atoms with van der Waals surface area (Å²) in [6, 6.07) is 66.3. The minimum atomic E-state index is -1.30. The highest BCUT2D eigenvalue weighted by atomic mass is 32.1. The summed E-state index contributed by atoms with van der Waals surface area (Å²) < 4.78 is 25.6. The van der Waals surface area contributed by atoms with E-state index in [1.807, 2.05) is 28.7 Å². The van der Waals surface area contributed by atoms with Gasteiger partial charge in [-0.25, -0.2) is 4.79 Å². The van der Waals surface area contributed by atoms with Gasteiger partial charge in [-0.05, 0) is 149 Å². The maximum absolute atomic E-state index is 12.1. The molecule has 13 heteroatoms. The lowest BCUT2D eigenvalue weighted by Crippen LogP contribution is -2.15. The predicted octanol–water partition coefficient (Wildman–Crippen LogP) is 21.6. The van der Waals surface area contributed by atoms with Crippen molar-refractivity contribution in [1.29, 1.82) is 5.26 Å². The molecule has 0 fully saturated rings. The van der Waals surface area contributed by atoms with Crippen molar-refractivity contribution in [3.8, 4) is 68.8 Å². The summed E-state index contributed by atoms with van der Waals surface area (Å²) in [5.41, 5.74) is 9.81. The van der Waals surface area contributed by atoms with Gasteiger partial charge in [0.15, 0.2) is 23.0 Å². The van der Waals surface area contributed by atoms with E-state index in [1.165, 1.54) is 77.6 Å². The van der Waals surface area contributed by atoms with Crippen LogP contribution >= 0.6 is 45.3 Å². The molecule has 4 aromatic heterocycles. The average molecular weight is 1220 g/mol. The normalized spacial score (nSPS) is 12.8. The fourth-order valence-corrected chi connectivity index (χ4v) is 16.9. The molecule has 2 aliphatic heterocycles. The van der Waals surface area contributed by atoms with Crippen LogP contribution in [0.5, 0.6) is 23.0 Å². The number of hydrogen-bond donors (Lipinski definition) is 1. The number of carboxylic acids is 1. The summed E-state index contributed by atoms with van der Waals surface area (Å²) in [4.78, 5) is 24.8. The summed E-state index contributed by atoms with van der Waals surface area (Å²) in [6.07, 6.45) is 12.4. The molecular formula is C74H65N3O6S4. The second-order valence-corrected chi connectivity index (χ2v) is 26.1. The van der Waals surface area contributed by atoms with Gasteiger partial charge in [0.2, 0.25) is 0 Å². The molecule has 0 saturated heterocycles. The van der Waals surface area contributed by atoms with Crippen molar-refractivity contribution in [3.63, 3.8) is 0 Å². The molecule has 0 radical (unpaired) electrons. The quantitative estimate of drug-likeness (QED) is 0.0404. The van der Waals surface area contributed by atoms with Gasteiger partial charge in [0.05, 0.1) is 19.5 Å². The first-order chi connectivity index (χ1) is 42.8. The number of rotatable bonds is 22. The number of aryl methyl sites for hydroxylation is 2. The first kappa shape index (κ1) is 57.4. The number of benzene rings is 7. The van der Waals surface area contributed by atoms with Gasteiger partial charge < -0.3 is 33.9 Å². The topological polar surface area (TPSA) is 104 Å². The molecule has 436 valence electrons. The fraction of sp³-hybridized carbons (Fsp3) is 0.216. The molecule has 13 rings (SSSR count). The summed E-state index contributed by atoms with van der Waals surface area (Å²) >= 11 is 6.66. The molecule has 0 atom stereocenters. The van der Waals surface area contributed by atoms with E-state index < -0.39 is 5.97 Å². The fourth-order valence-electron chi connectivity index (χ4n) is 11.8. The number of para-hydroxylation sites is 2. The molecule has 0 bridgehead atoms. The Hall–Kier alpha value is -8.64. The molecular weight excluding hydrogens is 1160 g/mol. The van der Waals surface area contributed by atoms with E-state index in [-0.39, 0.29) is 5.57 Å². The second-order valence-electron chi connectivity index (χ2n) is 21.9. The molecule has 1 N–H and O–H groups in total. The van der Waals surface area contributed by atoms with Gasteiger partial charge in [0.25, 0.3) is 0 Å². The Morgan fingerprint density at radius 1 is 0.460 bits per heavy atom. The number of nitrogens with zero attached hydrogens (tertiary/aromatic N) is 3. The van der Waals surface area contributed by atoms with Crippen LogP contribution in [0.2, 0.25) is 0 Å². The van der Waals surface area contributed by atoms with Crippen LogP contribution in [0.1, 0.15) is 81.2 Å². The molecule has 7 aromatic carbocycles. The van der Waals surface area contributed by atoms with Gasteiger partial charge in [-0.15, -0.1) is 45.3 Å². The second kappa shape index (κ2) is 26.1. The number of unbranched alkanes of at least 4 members (excludes halogenated alkanes) is 6. The van der Waals surface area contributed by atoms with Crippen LogP contribution in [-0.4, -0.2) is 37.5 Å². The Morgan fingerprint density at radius 3 is 1.45 bits per heavy atom. The van der Waals surface area contributed by atoms with E-state index in [9.17, 15) is 15.2 Å². The van der Waals surface area contributed by atoms with Crippen LogP contribution in [0.25, 0.3) is 67.3 Å². The van der Waals surface area contributed by atoms with Crippen molar-refractivity contribution in [2.45, 2.75) is 78.1 Å². The van der Waals surface area contributed by atoms with Crippen LogP contribution in [0.3, 0.4) is 0 Å². The number of hydrogen-bond acceptors (Lipinski definition) is 12. The molecule has 2 aliphatic rings. The Labute approximate surface area is 524 Å². The van der Waals surface area contributed by atoms with Crippen molar-refractivity contribution in [1.82, 2.24) is 0 Å². The van der Waals surface area contributed by atoms with Gasteiger partial charge in [-0.2, -0.15) is 5.26 Å². The monoisotopic (exact) mass is 1220 g/mol. The van der Waals surface area contributed by atoms with E-state index in [4.69, 9.17) is 18.9 Å². The zero-order valence-corrected chi connectivity index (χ0v) is 51.9. The number of aliphatic carboxylic acids is 1. The zero-order chi connectivity index (χ0) is 59.2. The lowest BCUT2D eigenvalue weighted by atomic mass is 10.00. The van der Waals surface area contributed by atoms with E-state index in [0.29, 0.717) is 54.3 Å². The number of carboxylic acid groups (broad SMARTS) is 1. The summed E-state index contributed by atoms with van der Waals surface area (Å²) in [7, 11) is 0. The van der Waals surface area contributed by atoms with Crippen molar-refractivity contribution < 1.29 is 28.8 Å². The predicted molar refractivity (Wildman–Crippen MR) is 363 cm³/mol. The maximum atomic E-state index is 12.1. The van der Waals surface area contributed by atoms with Gasteiger partial charge >= 0.3 is 5.97 Å². The third kappa shape index (κ3) is 12.0. The number of carbonyl (C=O) groups is 1. The van der Waals surface area contributed by atoms with Crippen LogP contribution in [0.4, 0.5) is 34.1 Å². The summed E-state index contributed by atoms with van der Waals surface area (Å²) in [6.45, 7) is 5.96. The van der Waals surface area contributed by atoms with E-state index in [0.717, 1.165) is 111 Å². The lowest BCUT2D eigenvalue weighted by Gasteiger charge is -2.30. The third-order valence-electron chi connectivity index (χ3n) is 16.0. The van der Waals surface area contributed by atoms with Crippen LogP contribution in [0.15, 0.2) is 181 Å². The van der Waals surface area contributed by atoms with Crippen molar-refractivity contribution >= 4 is 113 Å². The van der Waals surface area contributed by atoms with Gasteiger partial charge in [-0.1, -0.05) is 149 Å². The number of thiophene rings is 4. The summed E-state index contributed by atoms with van der Waals surface area (Å²) in [5, 5.41) is 24.3. The smallest absolute Gasteiger partial charge is 0.346 e. The van der Waals surface area contributed by atoms with Gasteiger partial charge in [0, 0.05) is 53.6 Å². The standard InChI is InChI=1S/C74H65N3O6S4/c1-3-5-7-11-25-52-43-63(70-53(26-12-8-6-4-2)44-64(86-70)71-67-68(83-38-37-82-67)73(87-71)72-66-65(80-35-36-81-66)62(84-72)45-55(47-75)74(78)79)85-69(52)54-41-60(76(56-27-13-9-14-28-56)58-33-31-48-21-17-19-23-50(48)39-58)46-61(42-54)77(57-29-15-10-16-30-57)59-34-32-49-22-18-20-24-51(49)40-59/h9-10,13-24,27-34,39-46H,3-8,11-12,25-26,35-38H2,1-2H3,(H,78,79). The third-order valence-corrected chi connectivity index (χ3v) is 21.2. The molecule has 0 aliphatic carbocycles. The first-order valence-electron chi connectivity index (χ1n) is 30.1. The van der Waals surface area contributed by atoms with Crippen molar-refractivity contribution in [2.75, 3.05) is 36.2 Å². The van der Waals surface area contributed by atoms with Gasteiger partial charge in [-0.3, -0.25) is 0 Å². The van der Waals surface area contributed by atoms with E-state index in [1.54, 1.807) is 11.3 Å². The molecule has 9 nitrogen and oxygen atoms in total. The van der Waals surface area contributed by atoms with Crippen LogP contribution in [-0.2, 0) is 17.6 Å². The number of ether oxygens (including phenoxy) is 4. The van der Waals surface area contributed by atoms with Crippen LogP contribution in [0, 0.1) is 11.3 Å². The molecule has 11 aromatic rings. The number of fused-ring (bicyclic) bond motifs is 4. The molecule has 0 spiro atoms. The maximum Gasteiger partial charge on any atom is 0.346 e. The zero-order valence-electron chi connectivity index (χ0n) is 48.7. The largest absolute Gasteiger partial charge is 0.485 e. The highest BCUT2D eigenvalue weighted by molar-refractivity contribution is 7.29. The molecule has 6 heterocycles. The van der Waals surface area contributed by atoms with E-state index >= 15 is 0 Å².